The molecule has 1 aliphatic heterocycles. The summed E-state index contributed by atoms with van der Waals surface area (Å²) in [6.07, 6.45) is -8.51. The third-order valence-corrected chi connectivity index (χ3v) is 8.61. The quantitative estimate of drug-likeness (QED) is 0.0362. The number of amides is 5. The van der Waals surface area contributed by atoms with Crippen molar-refractivity contribution in [3.8, 4) is 0 Å². The van der Waals surface area contributed by atoms with Gasteiger partial charge in [0.25, 0.3) is 0 Å². The zero-order chi connectivity index (χ0) is 48.4. The minimum absolute atomic E-state index is 0.0142. The highest BCUT2D eigenvalue weighted by Crippen LogP contribution is 2.19. The van der Waals surface area contributed by atoms with Crippen LogP contribution < -0.4 is 43.8 Å². The Morgan fingerprint density at radius 3 is 1.97 bits per heavy atom. The van der Waals surface area contributed by atoms with Gasteiger partial charge in [0.05, 0.1) is 24.7 Å². The summed E-state index contributed by atoms with van der Waals surface area (Å²) < 4.78 is 76.8. The molecule has 5 amide bonds. The summed E-state index contributed by atoms with van der Waals surface area (Å²) in [6, 6.07) is 8.61. The average Bonchev–Trinajstić information content (AvgIpc) is 3.84. The number of aromatic nitrogens is 1. The van der Waals surface area contributed by atoms with E-state index in [4.69, 9.17) is 37.0 Å². The third kappa shape index (κ3) is 19.0. The summed E-state index contributed by atoms with van der Waals surface area (Å²) >= 11 is 0. The Kier molecular flexibility index (Phi) is 20.5. The first kappa shape index (κ1) is 53.3. The number of carboxylic acid groups (broad SMARTS) is 2. The van der Waals surface area contributed by atoms with E-state index < -0.39 is 96.5 Å². The number of carboxylic acids is 2. The van der Waals surface area contributed by atoms with Gasteiger partial charge in [0, 0.05) is 36.6 Å². The molecule has 20 nitrogen and oxygen atoms in total. The van der Waals surface area contributed by atoms with E-state index >= 15 is 0 Å². The van der Waals surface area contributed by atoms with Gasteiger partial charge in [0.2, 0.25) is 29.5 Å². The van der Waals surface area contributed by atoms with E-state index in [0.29, 0.717) is 17.5 Å². The summed E-state index contributed by atoms with van der Waals surface area (Å²) in [7, 11) is 0. The van der Waals surface area contributed by atoms with Crippen molar-refractivity contribution in [2.75, 3.05) is 19.6 Å². The summed E-state index contributed by atoms with van der Waals surface area (Å²) in [6.45, 7) is -0.131. The smallest absolute Gasteiger partial charge is 0.475 e. The molecule has 0 spiro atoms. The van der Waals surface area contributed by atoms with Crippen LogP contribution >= 0.6 is 0 Å². The number of nitrogens with one attached hydrogen (secondary N) is 6. The number of aliphatic hydroxyl groups is 1. The number of carbonyl (C=O) groups is 7. The number of carbonyl (C=O) groups excluding carboxylic acids is 5. The molecule has 15 N–H and O–H groups in total. The lowest BCUT2D eigenvalue weighted by Crippen LogP contribution is -2.55. The van der Waals surface area contributed by atoms with E-state index in [2.05, 4.69) is 36.6 Å². The molecule has 5 atom stereocenters. The molecule has 4 rings (SSSR count). The second kappa shape index (κ2) is 24.7. The van der Waals surface area contributed by atoms with E-state index in [1.54, 1.807) is 6.20 Å². The van der Waals surface area contributed by atoms with Crippen LogP contribution in [0.3, 0.4) is 0 Å². The molecule has 1 aliphatic rings. The monoisotopic (exact) mass is 922 g/mol. The van der Waals surface area contributed by atoms with E-state index in [1.807, 2.05) is 24.3 Å². The number of aliphatic hydroxyl groups excluding tert-OH is 1. The van der Waals surface area contributed by atoms with Gasteiger partial charge in [-0.05, 0) is 55.0 Å². The molecule has 2 aromatic carbocycles. The second-order valence-corrected chi connectivity index (χ2v) is 13.7. The highest BCUT2D eigenvalue weighted by atomic mass is 19.4. The number of alkyl halides is 6. The Bertz CT molecular complexity index is 2090. The van der Waals surface area contributed by atoms with Crippen LogP contribution in [0.15, 0.2) is 59.7 Å². The maximum Gasteiger partial charge on any atom is 0.490 e. The van der Waals surface area contributed by atoms with Gasteiger partial charge in [0.15, 0.2) is 5.96 Å². The lowest BCUT2D eigenvalue weighted by atomic mass is 10.0. The van der Waals surface area contributed by atoms with Crippen LogP contribution in [0.2, 0.25) is 0 Å². The molecule has 0 saturated carbocycles. The number of aromatic amines is 1. The number of hydrogen-bond donors (Lipinski definition) is 12. The summed E-state index contributed by atoms with van der Waals surface area (Å²) in [4.78, 5) is 90.2. The van der Waals surface area contributed by atoms with Crippen molar-refractivity contribution in [2.24, 2.45) is 22.2 Å². The van der Waals surface area contributed by atoms with Gasteiger partial charge in [-0.1, -0.05) is 30.3 Å². The molecule has 2 heterocycles. The minimum Gasteiger partial charge on any atom is -0.475 e. The zero-order valence-electron chi connectivity index (χ0n) is 33.3. The van der Waals surface area contributed by atoms with Crippen molar-refractivity contribution in [2.45, 2.75) is 74.7 Å². The number of guanidine groups is 1. The maximum atomic E-state index is 13.4. The number of β-amino-alcohol motifs (C(OH)–C–C–N with tert-alkyl or cyclic N) is 1. The molecule has 0 aliphatic carbocycles. The van der Waals surface area contributed by atoms with Gasteiger partial charge >= 0.3 is 24.3 Å². The Balaban J connectivity index is 0.000000866. The van der Waals surface area contributed by atoms with Crippen molar-refractivity contribution >= 4 is 58.3 Å². The normalized spacial score (nSPS) is 16.0. The van der Waals surface area contributed by atoms with Crippen molar-refractivity contribution in [1.82, 2.24) is 31.6 Å². The highest BCUT2D eigenvalue weighted by molar-refractivity contribution is 6.02. The van der Waals surface area contributed by atoms with E-state index in [9.17, 15) is 59.8 Å². The number of aliphatic carboxylic acids is 2. The summed E-state index contributed by atoms with van der Waals surface area (Å²) in [5.41, 5.74) is 18.8. The van der Waals surface area contributed by atoms with Gasteiger partial charge in [-0.15, -0.1) is 0 Å². The van der Waals surface area contributed by atoms with Gasteiger partial charge in [-0.25, -0.2) is 14.0 Å². The van der Waals surface area contributed by atoms with Gasteiger partial charge in [0.1, 0.15) is 17.9 Å². The summed E-state index contributed by atoms with van der Waals surface area (Å²) in [5, 5.41) is 37.7. The molecule has 64 heavy (non-hydrogen) atoms. The molecule has 1 fully saturated rings. The number of imide groups is 1. The van der Waals surface area contributed by atoms with Crippen LogP contribution in [0.4, 0.5) is 30.7 Å². The molecule has 352 valence electrons. The molecular weight excluding hydrogens is 877 g/mol. The topological polar surface area (TPSA) is 347 Å². The average molecular weight is 923 g/mol. The number of nitrogens with two attached hydrogens (primary N) is 3. The molecule has 0 radical (unpaired) electrons. The lowest BCUT2D eigenvalue weighted by molar-refractivity contribution is -0.193. The predicted molar refractivity (Wildman–Crippen MR) is 210 cm³/mol. The molecule has 1 aromatic heterocycles. The van der Waals surface area contributed by atoms with Gasteiger partial charge in [-0.3, -0.25) is 34.3 Å². The van der Waals surface area contributed by atoms with Gasteiger partial charge in [-0.2, -0.15) is 26.3 Å². The Hall–Kier alpha value is -6.87. The van der Waals surface area contributed by atoms with Crippen LogP contribution in [0.1, 0.15) is 30.4 Å². The lowest BCUT2D eigenvalue weighted by Gasteiger charge is -2.22. The number of halogens is 7. The zero-order valence-corrected chi connectivity index (χ0v) is 33.3. The largest absolute Gasteiger partial charge is 0.490 e. The van der Waals surface area contributed by atoms with Gasteiger partial charge < -0.3 is 58.8 Å². The number of para-hydroxylation sites is 1. The van der Waals surface area contributed by atoms with E-state index in [-0.39, 0.29) is 44.7 Å². The van der Waals surface area contributed by atoms with E-state index in [0.717, 1.165) is 10.9 Å². The Labute approximate surface area is 357 Å². The van der Waals surface area contributed by atoms with Crippen LogP contribution in [-0.4, -0.2) is 130 Å². The number of benzene rings is 2. The van der Waals surface area contributed by atoms with Crippen molar-refractivity contribution in [3.63, 3.8) is 0 Å². The molecular formula is C37H45F7N10O10. The number of rotatable bonds is 16. The second-order valence-electron chi connectivity index (χ2n) is 13.7. The Morgan fingerprint density at radius 1 is 0.828 bits per heavy atom. The number of H-pyrrole nitrogens is 1. The number of nitrogens with zero attached hydrogens (tertiary/aromatic N) is 1. The number of hydrogen-bond acceptors (Lipinski definition) is 11. The molecule has 1 unspecified atom stereocenters. The van der Waals surface area contributed by atoms with Crippen LogP contribution in [0, 0.1) is 5.82 Å². The SMILES string of the molecule is NC(N)=NCCC[C@H](NC(=O)[C@@H]1CC(O)CN1)C(=O)NCC(=O)N[C@@H](Cc1c[nH]c2ccccc12)C(=O)NC(=O)[C@@H](N)Cc1ccc(F)cc1.O=C(O)C(F)(F)F.O=C(O)C(F)(F)F. The van der Waals surface area contributed by atoms with Crippen molar-refractivity contribution in [3.05, 3.63) is 71.7 Å². The summed E-state index contributed by atoms with van der Waals surface area (Å²) in [5.74, 6) is -9.62. The fourth-order valence-corrected chi connectivity index (χ4v) is 5.50. The highest BCUT2D eigenvalue weighted by Gasteiger charge is 2.39. The number of fused-ring (bicyclic) bond motifs is 1. The molecule has 3 aromatic rings. The standard InChI is InChI=1S/C33H43FN10O6.2C2HF3O2/c34-20-9-7-18(8-10-20)12-23(35)29(47)44-32(50)27(13-19-15-39-24-5-2-1-4-22(19)24)42-28(46)17-41-30(48)25(6-3-11-38-33(36)37)43-31(49)26-14-21(45)16-40-26;2*3-2(4,5)1(6)7/h1-2,4-5,7-10,15,21,23,25-27,39-40,45H,3,6,11-14,16-17,35H2,(H,41,48)(H,42,46)(H,43,49)(H4,36,37,38)(H,44,47,50);2*(H,6,7)/t21?,23-,25-,26-,27-;;/m0../s1. The first-order chi connectivity index (χ1) is 29.8. The molecule has 0 bridgehead atoms. The molecule has 27 heteroatoms. The maximum absolute atomic E-state index is 13.4. The third-order valence-electron chi connectivity index (χ3n) is 8.61. The fourth-order valence-electron chi connectivity index (χ4n) is 5.50. The van der Waals surface area contributed by atoms with Crippen LogP contribution in [-0.2, 0) is 46.4 Å². The minimum atomic E-state index is -5.08. The molecule has 1 saturated heterocycles. The Morgan fingerprint density at radius 2 is 1.42 bits per heavy atom. The number of aliphatic imine (C=N–C) groups is 1. The van der Waals surface area contributed by atoms with Crippen LogP contribution in [0.25, 0.3) is 10.9 Å². The first-order valence-electron chi connectivity index (χ1n) is 18.6. The predicted octanol–water partition coefficient (Wildman–Crippen LogP) is -0.809. The van der Waals surface area contributed by atoms with Crippen molar-refractivity contribution < 1.29 is 79.6 Å². The van der Waals surface area contributed by atoms with Crippen LogP contribution in [0.5, 0.6) is 0 Å². The first-order valence-corrected chi connectivity index (χ1v) is 18.6. The van der Waals surface area contributed by atoms with Crippen molar-refractivity contribution in [1.29, 1.82) is 0 Å². The van der Waals surface area contributed by atoms with E-state index in [1.165, 1.54) is 24.3 Å². The fraction of sp³-hybridized carbons (Fsp3) is 0.405.